The van der Waals surface area contributed by atoms with E-state index in [4.69, 9.17) is 4.74 Å². The lowest BCUT2D eigenvalue weighted by Gasteiger charge is -2.30. The molecule has 0 spiro atoms. The van der Waals surface area contributed by atoms with Gasteiger partial charge in [-0.3, -0.25) is 5.32 Å². The van der Waals surface area contributed by atoms with Gasteiger partial charge >= 0.3 is 0 Å². The molecule has 1 atom stereocenters. The van der Waals surface area contributed by atoms with Crippen molar-refractivity contribution in [3.8, 4) is 0 Å². The maximum absolute atomic E-state index is 5.67. The lowest BCUT2D eigenvalue weighted by Crippen LogP contribution is -2.42. The van der Waals surface area contributed by atoms with Gasteiger partial charge in [0, 0.05) is 12.6 Å². The number of hydrogen-bond donors (Lipinski definition) is 1. The van der Waals surface area contributed by atoms with E-state index in [1.165, 1.54) is 51.4 Å². The molecule has 2 aliphatic rings. The van der Waals surface area contributed by atoms with Crippen LogP contribution in [0.2, 0.25) is 0 Å². The molecule has 2 fully saturated rings. The van der Waals surface area contributed by atoms with Crippen LogP contribution in [0.5, 0.6) is 0 Å². The molecule has 2 rings (SSSR count). The fourth-order valence-corrected chi connectivity index (χ4v) is 2.40. The zero-order valence-corrected chi connectivity index (χ0v) is 8.43. The minimum Gasteiger partial charge on any atom is -0.363 e. The summed E-state index contributed by atoms with van der Waals surface area (Å²) in [7, 11) is 0. The fraction of sp³-hybridized carbons (Fsp3) is 1.00. The van der Waals surface area contributed by atoms with Crippen LogP contribution in [0.1, 0.15) is 51.4 Å². The molecule has 0 unspecified atom stereocenters. The summed E-state index contributed by atoms with van der Waals surface area (Å²) in [6.07, 6.45) is 11.2. The van der Waals surface area contributed by atoms with Crippen molar-refractivity contribution < 1.29 is 4.74 Å². The van der Waals surface area contributed by atoms with Crippen molar-refractivity contribution in [2.45, 2.75) is 63.6 Å². The second-order valence-corrected chi connectivity index (χ2v) is 4.36. The highest BCUT2D eigenvalue weighted by Gasteiger charge is 2.19. The Morgan fingerprint density at radius 2 is 1.62 bits per heavy atom. The molecule has 76 valence electrons. The van der Waals surface area contributed by atoms with Crippen LogP contribution >= 0.6 is 0 Å². The maximum Gasteiger partial charge on any atom is 0.108 e. The first-order chi connectivity index (χ1) is 6.45. The molecule has 0 aromatic rings. The van der Waals surface area contributed by atoms with Gasteiger partial charge in [0.05, 0.1) is 0 Å². The van der Waals surface area contributed by atoms with Gasteiger partial charge < -0.3 is 4.74 Å². The molecule has 1 saturated carbocycles. The monoisotopic (exact) mass is 183 g/mol. The van der Waals surface area contributed by atoms with E-state index < -0.39 is 0 Å². The van der Waals surface area contributed by atoms with Gasteiger partial charge in [-0.25, -0.2) is 0 Å². The Morgan fingerprint density at radius 1 is 0.846 bits per heavy atom. The van der Waals surface area contributed by atoms with E-state index in [9.17, 15) is 0 Å². The number of nitrogens with one attached hydrogen (secondary N) is 1. The van der Waals surface area contributed by atoms with Crippen molar-refractivity contribution in [2.24, 2.45) is 0 Å². The highest BCUT2D eigenvalue weighted by molar-refractivity contribution is 4.74. The average molecular weight is 183 g/mol. The molecular formula is C11H21NO. The van der Waals surface area contributed by atoms with Crippen molar-refractivity contribution in [1.29, 1.82) is 0 Å². The zero-order valence-electron chi connectivity index (χ0n) is 8.43. The van der Waals surface area contributed by atoms with E-state index in [1.807, 2.05) is 0 Å². The third kappa shape index (κ3) is 2.96. The van der Waals surface area contributed by atoms with E-state index in [-0.39, 0.29) is 0 Å². The number of ether oxygens (including phenoxy) is 1. The van der Waals surface area contributed by atoms with E-state index >= 15 is 0 Å². The summed E-state index contributed by atoms with van der Waals surface area (Å²) in [6, 6.07) is 0.747. The van der Waals surface area contributed by atoms with Crippen LogP contribution in [0.4, 0.5) is 0 Å². The summed E-state index contributed by atoms with van der Waals surface area (Å²) in [5, 5.41) is 3.64. The minimum absolute atomic E-state index is 0.372. The summed E-state index contributed by atoms with van der Waals surface area (Å²) in [6.45, 7) is 0.963. The van der Waals surface area contributed by atoms with Gasteiger partial charge in [-0.15, -0.1) is 0 Å². The molecule has 1 N–H and O–H groups in total. The van der Waals surface area contributed by atoms with Crippen LogP contribution < -0.4 is 5.32 Å². The lowest BCUT2D eigenvalue weighted by molar-refractivity contribution is -0.0150. The Morgan fingerprint density at radius 3 is 2.31 bits per heavy atom. The Bertz CT molecular complexity index is 121. The molecule has 0 aromatic carbocycles. The van der Waals surface area contributed by atoms with Crippen LogP contribution in [0, 0.1) is 0 Å². The first-order valence-corrected chi connectivity index (χ1v) is 5.83. The minimum atomic E-state index is 0.372. The normalized spacial score (nSPS) is 31.8. The van der Waals surface area contributed by atoms with Crippen LogP contribution in [0.25, 0.3) is 0 Å². The van der Waals surface area contributed by atoms with E-state index in [2.05, 4.69) is 5.32 Å². The van der Waals surface area contributed by atoms with Gasteiger partial charge in [-0.1, -0.05) is 19.3 Å². The third-order valence-electron chi connectivity index (χ3n) is 3.21. The van der Waals surface area contributed by atoms with Gasteiger partial charge in [0.15, 0.2) is 0 Å². The molecule has 0 aromatic heterocycles. The predicted molar refractivity (Wildman–Crippen MR) is 53.6 cm³/mol. The van der Waals surface area contributed by atoms with Crippen LogP contribution in [-0.2, 0) is 4.74 Å². The second-order valence-electron chi connectivity index (χ2n) is 4.36. The van der Waals surface area contributed by atoms with Crippen molar-refractivity contribution in [3.63, 3.8) is 0 Å². The van der Waals surface area contributed by atoms with E-state index in [0.29, 0.717) is 6.23 Å². The summed E-state index contributed by atoms with van der Waals surface area (Å²) in [5.41, 5.74) is 0. The first-order valence-electron chi connectivity index (χ1n) is 5.83. The molecule has 1 aliphatic heterocycles. The molecule has 0 bridgehead atoms. The summed E-state index contributed by atoms with van der Waals surface area (Å²) in [4.78, 5) is 0. The quantitative estimate of drug-likeness (QED) is 0.710. The Labute approximate surface area is 81.0 Å². The van der Waals surface area contributed by atoms with Gasteiger partial charge in [0.1, 0.15) is 6.23 Å². The van der Waals surface area contributed by atoms with Crippen LogP contribution in [0.3, 0.4) is 0 Å². The Kier molecular flexibility index (Phi) is 3.62. The topological polar surface area (TPSA) is 21.3 Å². The maximum atomic E-state index is 5.67. The van der Waals surface area contributed by atoms with Crippen LogP contribution in [-0.4, -0.2) is 18.9 Å². The van der Waals surface area contributed by atoms with E-state index in [0.717, 1.165) is 12.6 Å². The fourth-order valence-electron chi connectivity index (χ4n) is 2.40. The number of hydrogen-bond acceptors (Lipinski definition) is 2. The zero-order chi connectivity index (χ0) is 8.93. The molecule has 1 aliphatic carbocycles. The van der Waals surface area contributed by atoms with Gasteiger partial charge in [-0.2, -0.15) is 0 Å². The highest BCUT2D eigenvalue weighted by atomic mass is 16.5. The Balaban J connectivity index is 1.69. The molecule has 0 radical (unpaired) electrons. The highest BCUT2D eigenvalue weighted by Crippen LogP contribution is 2.19. The third-order valence-corrected chi connectivity index (χ3v) is 3.21. The molecule has 13 heavy (non-hydrogen) atoms. The van der Waals surface area contributed by atoms with Gasteiger partial charge in [-0.05, 0) is 32.1 Å². The summed E-state index contributed by atoms with van der Waals surface area (Å²) >= 11 is 0. The van der Waals surface area contributed by atoms with E-state index in [1.54, 1.807) is 0 Å². The second kappa shape index (κ2) is 4.97. The standard InChI is InChI=1S/C11H21NO/c1-2-6-10(7-3-1)12-11-8-4-5-9-13-11/h10-12H,1-9H2/t11-/m1/s1. The average Bonchev–Trinajstić information content (AvgIpc) is 2.21. The summed E-state index contributed by atoms with van der Waals surface area (Å²) in [5.74, 6) is 0. The molecule has 0 amide bonds. The SMILES string of the molecule is C1CCC(N[C@H]2CCCCO2)CC1. The lowest BCUT2D eigenvalue weighted by atomic mass is 9.95. The predicted octanol–water partition coefficient (Wildman–Crippen LogP) is 2.44. The summed E-state index contributed by atoms with van der Waals surface area (Å²) < 4.78 is 5.67. The first kappa shape index (κ1) is 9.47. The number of rotatable bonds is 2. The molecule has 1 heterocycles. The smallest absolute Gasteiger partial charge is 0.108 e. The van der Waals surface area contributed by atoms with Crippen molar-refractivity contribution in [2.75, 3.05) is 6.61 Å². The molecule has 2 heteroatoms. The van der Waals surface area contributed by atoms with Crippen molar-refractivity contribution in [3.05, 3.63) is 0 Å². The molecule has 1 saturated heterocycles. The molecular weight excluding hydrogens is 162 g/mol. The largest absolute Gasteiger partial charge is 0.363 e. The van der Waals surface area contributed by atoms with Gasteiger partial charge in [0.2, 0.25) is 0 Å². The van der Waals surface area contributed by atoms with Crippen molar-refractivity contribution >= 4 is 0 Å². The van der Waals surface area contributed by atoms with Crippen LogP contribution in [0.15, 0.2) is 0 Å². The van der Waals surface area contributed by atoms with Crippen molar-refractivity contribution in [1.82, 2.24) is 5.32 Å². The van der Waals surface area contributed by atoms with Gasteiger partial charge in [0.25, 0.3) is 0 Å². The Hall–Kier alpha value is -0.0800. The molecule has 2 nitrogen and oxygen atoms in total.